The highest BCUT2D eigenvalue weighted by atomic mass is 19.1. The summed E-state index contributed by atoms with van der Waals surface area (Å²) in [6.45, 7) is 0. The van der Waals surface area contributed by atoms with Crippen LogP contribution in [0.3, 0.4) is 0 Å². The first kappa shape index (κ1) is 17.7. The molecule has 138 valence electrons. The normalized spacial score (nSPS) is 12.1. The van der Waals surface area contributed by atoms with E-state index in [1.165, 1.54) is 24.3 Å². The molecule has 2 N–H and O–H groups in total. The molecule has 4 aromatic rings. The quantitative estimate of drug-likeness (QED) is 0.590. The summed E-state index contributed by atoms with van der Waals surface area (Å²) in [6, 6.07) is 11.6. The molecule has 6 nitrogen and oxygen atoms in total. The molecule has 1 aromatic carbocycles. The minimum atomic E-state index is -0.688. The summed E-state index contributed by atoms with van der Waals surface area (Å²) in [7, 11) is 0. The average Bonchev–Trinajstić information content (AvgIpc) is 3.12. The number of benzene rings is 1. The van der Waals surface area contributed by atoms with Gasteiger partial charge < -0.3 is 5.73 Å². The summed E-state index contributed by atoms with van der Waals surface area (Å²) >= 11 is 0. The molecule has 0 saturated heterocycles. The molecule has 4 rings (SSSR count). The molecule has 0 bridgehead atoms. The van der Waals surface area contributed by atoms with Crippen molar-refractivity contribution in [2.45, 2.75) is 12.5 Å². The van der Waals surface area contributed by atoms with Gasteiger partial charge in [0, 0.05) is 18.0 Å². The molecule has 0 aliphatic carbocycles. The van der Waals surface area contributed by atoms with Gasteiger partial charge in [-0.2, -0.15) is 10.4 Å². The number of hydrogen-bond donors (Lipinski definition) is 1. The molecule has 0 fully saturated rings. The van der Waals surface area contributed by atoms with Crippen molar-refractivity contribution in [3.63, 3.8) is 0 Å². The predicted molar refractivity (Wildman–Crippen MR) is 98.4 cm³/mol. The molecule has 0 aliphatic heterocycles. The van der Waals surface area contributed by atoms with Crippen LogP contribution in [-0.2, 0) is 6.42 Å². The summed E-state index contributed by atoms with van der Waals surface area (Å²) in [4.78, 5) is 8.35. The van der Waals surface area contributed by atoms with E-state index in [9.17, 15) is 8.78 Å². The number of rotatable bonds is 4. The summed E-state index contributed by atoms with van der Waals surface area (Å²) in [5.74, 6) is -0.888. The summed E-state index contributed by atoms with van der Waals surface area (Å²) in [5, 5.41) is 13.9. The lowest BCUT2D eigenvalue weighted by molar-refractivity contribution is 0.574. The molecule has 0 aliphatic rings. The van der Waals surface area contributed by atoms with Crippen molar-refractivity contribution in [3.8, 4) is 11.8 Å². The van der Waals surface area contributed by atoms with Gasteiger partial charge >= 0.3 is 0 Å². The van der Waals surface area contributed by atoms with E-state index < -0.39 is 11.9 Å². The Bertz CT molecular complexity index is 1210. The van der Waals surface area contributed by atoms with Gasteiger partial charge in [0.15, 0.2) is 0 Å². The lowest BCUT2D eigenvalue weighted by Crippen LogP contribution is -2.19. The summed E-state index contributed by atoms with van der Waals surface area (Å²) < 4.78 is 29.2. The fourth-order valence-electron chi connectivity index (χ4n) is 3.06. The van der Waals surface area contributed by atoms with E-state index in [0.717, 1.165) is 0 Å². The standard InChI is InChI=1S/C20H14F2N6/c21-13-3-6-18-12(8-13)11-26-28(18)19-2-1-7-25-20(19)16(24)9-17-15(22)5-4-14(10-23)27-17/h1-8,11,16H,9,24H2/t16-/m0/s1. The molecular formula is C20H14F2N6. The number of nitrogens with zero attached hydrogens (tertiary/aromatic N) is 5. The molecule has 0 unspecified atom stereocenters. The first-order chi connectivity index (χ1) is 13.6. The molecular weight excluding hydrogens is 362 g/mol. The van der Waals surface area contributed by atoms with Crippen LogP contribution in [0.15, 0.2) is 54.9 Å². The molecule has 1 atom stereocenters. The van der Waals surface area contributed by atoms with Gasteiger partial charge in [-0.15, -0.1) is 0 Å². The van der Waals surface area contributed by atoms with Gasteiger partial charge in [-0.3, -0.25) is 4.98 Å². The van der Waals surface area contributed by atoms with E-state index in [0.29, 0.717) is 22.3 Å². The second-order valence-corrected chi connectivity index (χ2v) is 6.21. The monoisotopic (exact) mass is 376 g/mol. The maximum atomic E-state index is 14.1. The van der Waals surface area contributed by atoms with Crippen LogP contribution in [0.5, 0.6) is 0 Å². The van der Waals surface area contributed by atoms with Gasteiger partial charge in [0.05, 0.1) is 34.8 Å². The number of halogens is 2. The fraction of sp³-hybridized carbons (Fsp3) is 0.100. The van der Waals surface area contributed by atoms with E-state index in [2.05, 4.69) is 15.1 Å². The highest BCUT2D eigenvalue weighted by molar-refractivity contribution is 5.80. The Morgan fingerprint density at radius 2 is 2.04 bits per heavy atom. The number of nitrogens with two attached hydrogens (primary N) is 1. The largest absolute Gasteiger partial charge is 0.322 e. The number of hydrogen-bond acceptors (Lipinski definition) is 5. The second-order valence-electron chi connectivity index (χ2n) is 6.21. The second kappa shape index (κ2) is 7.13. The zero-order valence-corrected chi connectivity index (χ0v) is 14.5. The SMILES string of the molecule is N#Cc1ccc(F)c(C[C@H](N)c2ncccc2-n2ncc3cc(F)ccc32)n1. The van der Waals surface area contributed by atoms with Crippen LogP contribution < -0.4 is 5.73 Å². The van der Waals surface area contributed by atoms with Gasteiger partial charge in [0.25, 0.3) is 0 Å². The predicted octanol–water partition coefficient (Wildman–Crippen LogP) is 3.21. The molecule has 0 spiro atoms. The maximum absolute atomic E-state index is 14.1. The Morgan fingerprint density at radius 1 is 1.18 bits per heavy atom. The van der Waals surface area contributed by atoms with Crippen LogP contribution in [0, 0.1) is 23.0 Å². The van der Waals surface area contributed by atoms with E-state index in [1.807, 2.05) is 6.07 Å². The maximum Gasteiger partial charge on any atom is 0.144 e. The molecule has 28 heavy (non-hydrogen) atoms. The third-order valence-electron chi connectivity index (χ3n) is 4.37. The van der Waals surface area contributed by atoms with Crippen molar-refractivity contribution in [3.05, 3.63) is 83.6 Å². The Labute approximate surface area is 158 Å². The van der Waals surface area contributed by atoms with E-state index >= 15 is 0 Å². The molecule has 3 heterocycles. The topological polar surface area (TPSA) is 93.4 Å². The Balaban J connectivity index is 1.74. The number of aromatic nitrogens is 4. The van der Waals surface area contributed by atoms with Gasteiger partial charge in [-0.05, 0) is 42.5 Å². The lowest BCUT2D eigenvalue weighted by atomic mass is 10.1. The molecule has 0 saturated carbocycles. The van der Waals surface area contributed by atoms with Crippen LogP contribution in [-0.4, -0.2) is 19.7 Å². The van der Waals surface area contributed by atoms with Crippen LogP contribution in [0.4, 0.5) is 8.78 Å². The van der Waals surface area contributed by atoms with Crippen LogP contribution >= 0.6 is 0 Å². The highest BCUT2D eigenvalue weighted by Gasteiger charge is 2.19. The average molecular weight is 376 g/mol. The van der Waals surface area contributed by atoms with E-state index in [-0.39, 0.29) is 23.6 Å². The van der Waals surface area contributed by atoms with Gasteiger partial charge in [-0.1, -0.05) is 0 Å². The van der Waals surface area contributed by atoms with Crippen LogP contribution in [0.2, 0.25) is 0 Å². The number of nitriles is 1. The molecule has 0 amide bonds. The third-order valence-corrected chi connectivity index (χ3v) is 4.37. The zero-order valence-electron chi connectivity index (χ0n) is 14.5. The van der Waals surface area contributed by atoms with Crippen molar-refractivity contribution >= 4 is 10.9 Å². The Kier molecular flexibility index (Phi) is 4.51. The van der Waals surface area contributed by atoms with Crippen molar-refractivity contribution in [1.82, 2.24) is 19.7 Å². The summed E-state index contributed by atoms with van der Waals surface area (Å²) in [5.41, 5.74) is 8.30. The van der Waals surface area contributed by atoms with Crippen molar-refractivity contribution in [2.24, 2.45) is 5.73 Å². The minimum absolute atomic E-state index is 0.0548. The van der Waals surface area contributed by atoms with Gasteiger partial charge in [0.2, 0.25) is 0 Å². The van der Waals surface area contributed by atoms with E-state index in [4.69, 9.17) is 11.0 Å². The first-order valence-corrected chi connectivity index (χ1v) is 8.46. The molecule has 8 heteroatoms. The van der Waals surface area contributed by atoms with E-state index in [1.54, 1.807) is 35.3 Å². The van der Waals surface area contributed by atoms with Crippen molar-refractivity contribution < 1.29 is 8.78 Å². The van der Waals surface area contributed by atoms with Crippen LogP contribution in [0.25, 0.3) is 16.6 Å². The van der Waals surface area contributed by atoms with Gasteiger partial charge in [0.1, 0.15) is 23.4 Å². The number of fused-ring (bicyclic) bond motifs is 1. The number of pyridine rings is 2. The molecule has 3 aromatic heterocycles. The van der Waals surface area contributed by atoms with Crippen molar-refractivity contribution in [2.75, 3.05) is 0 Å². The van der Waals surface area contributed by atoms with Gasteiger partial charge in [-0.25, -0.2) is 18.4 Å². The van der Waals surface area contributed by atoms with Crippen molar-refractivity contribution in [1.29, 1.82) is 5.26 Å². The molecule has 0 radical (unpaired) electrons. The minimum Gasteiger partial charge on any atom is -0.322 e. The zero-order chi connectivity index (χ0) is 19.7. The fourth-order valence-corrected chi connectivity index (χ4v) is 3.06. The Hall–Kier alpha value is -3.70. The highest BCUT2D eigenvalue weighted by Crippen LogP contribution is 2.25. The first-order valence-electron chi connectivity index (χ1n) is 8.46. The third kappa shape index (κ3) is 3.19. The Morgan fingerprint density at radius 3 is 2.86 bits per heavy atom. The smallest absolute Gasteiger partial charge is 0.144 e. The van der Waals surface area contributed by atoms with Crippen LogP contribution in [0.1, 0.15) is 23.1 Å². The summed E-state index contributed by atoms with van der Waals surface area (Å²) in [6.07, 6.45) is 3.19. The lowest BCUT2D eigenvalue weighted by Gasteiger charge is -2.16.